The second kappa shape index (κ2) is 4.61. The van der Waals surface area contributed by atoms with Crippen molar-refractivity contribution in [1.82, 2.24) is 9.97 Å². The van der Waals surface area contributed by atoms with Gasteiger partial charge in [0.25, 0.3) is 0 Å². The maximum Gasteiger partial charge on any atom is 0.491 e. The maximum atomic E-state index is 8.88. The van der Waals surface area contributed by atoms with Gasteiger partial charge in [0.1, 0.15) is 0 Å². The minimum atomic E-state index is -1.54. The molecule has 0 aliphatic heterocycles. The molecule has 4 nitrogen and oxygen atoms in total. The molecule has 6 heteroatoms. The molecule has 0 unspecified atom stereocenters. The van der Waals surface area contributed by atoms with E-state index in [-0.39, 0.29) is 5.46 Å². The average molecular weight is 234 g/mol. The summed E-state index contributed by atoms with van der Waals surface area (Å²) in [5.41, 5.74) is 1.08. The third-order valence-corrected chi connectivity index (χ3v) is 2.32. The smallest absolute Gasteiger partial charge is 0.423 e. The molecule has 2 N–H and O–H groups in total. The molecular formula is C10H8BClN2O2. The van der Waals surface area contributed by atoms with Gasteiger partial charge in [0.2, 0.25) is 0 Å². The molecule has 0 fully saturated rings. The molecule has 0 bridgehead atoms. The van der Waals surface area contributed by atoms with E-state index in [1.54, 1.807) is 24.3 Å². The van der Waals surface area contributed by atoms with Gasteiger partial charge in [-0.15, -0.1) is 0 Å². The van der Waals surface area contributed by atoms with Gasteiger partial charge in [-0.25, -0.2) is 9.97 Å². The molecule has 2 aromatic rings. The van der Waals surface area contributed by atoms with Crippen LogP contribution in [0, 0.1) is 0 Å². The predicted molar refractivity (Wildman–Crippen MR) is 62.3 cm³/mol. The molecule has 0 spiro atoms. The van der Waals surface area contributed by atoms with Gasteiger partial charge in [0.15, 0.2) is 5.82 Å². The molecule has 2 rings (SSSR count). The average Bonchev–Trinajstić information content (AvgIpc) is 2.30. The van der Waals surface area contributed by atoms with Crippen LogP contribution in [0.5, 0.6) is 0 Å². The van der Waals surface area contributed by atoms with E-state index in [4.69, 9.17) is 21.6 Å². The number of nitrogens with zero attached hydrogens (tertiary/aromatic N) is 2. The van der Waals surface area contributed by atoms with E-state index in [0.29, 0.717) is 10.8 Å². The van der Waals surface area contributed by atoms with Gasteiger partial charge >= 0.3 is 7.12 Å². The number of aromatic nitrogens is 2. The lowest BCUT2D eigenvalue weighted by molar-refractivity contribution is 0.425. The van der Waals surface area contributed by atoms with Crippen LogP contribution in [-0.4, -0.2) is 27.1 Å². The lowest BCUT2D eigenvalue weighted by Crippen LogP contribution is -2.30. The zero-order valence-corrected chi connectivity index (χ0v) is 8.96. The van der Waals surface area contributed by atoms with Crippen LogP contribution in [0.3, 0.4) is 0 Å². The van der Waals surface area contributed by atoms with Crippen LogP contribution >= 0.6 is 11.6 Å². The summed E-state index contributed by atoms with van der Waals surface area (Å²) in [5.74, 6) is 0.515. The van der Waals surface area contributed by atoms with Crippen LogP contribution in [0.15, 0.2) is 36.7 Å². The zero-order valence-electron chi connectivity index (χ0n) is 8.21. The molecule has 0 atom stereocenters. The van der Waals surface area contributed by atoms with Gasteiger partial charge in [-0.05, 0) is 24.3 Å². The Balaban J connectivity index is 2.31. The molecule has 80 valence electrons. The molecule has 0 amide bonds. The van der Waals surface area contributed by atoms with Crippen molar-refractivity contribution < 1.29 is 10.0 Å². The molecule has 1 heterocycles. The second-order valence-corrected chi connectivity index (χ2v) is 3.66. The normalized spacial score (nSPS) is 10.2. The van der Waals surface area contributed by atoms with Crippen LogP contribution < -0.4 is 5.46 Å². The second-order valence-electron chi connectivity index (χ2n) is 3.22. The maximum absolute atomic E-state index is 8.88. The van der Waals surface area contributed by atoms with Crippen molar-refractivity contribution in [3.63, 3.8) is 0 Å². The van der Waals surface area contributed by atoms with Crippen LogP contribution in [0.25, 0.3) is 11.4 Å². The summed E-state index contributed by atoms with van der Waals surface area (Å²) < 4.78 is 0. The van der Waals surface area contributed by atoms with Gasteiger partial charge in [-0.1, -0.05) is 11.6 Å². The summed E-state index contributed by atoms with van der Waals surface area (Å²) in [6.45, 7) is 0. The molecule has 1 aromatic carbocycles. The third-order valence-electron chi connectivity index (χ3n) is 2.07. The first kappa shape index (κ1) is 11.1. The highest BCUT2D eigenvalue weighted by Gasteiger charge is 2.11. The van der Waals surface area contributed by atoms with Gasteiger partial charge in [-0.3, -0.25) is 0 Å². The fourth-order valence-electron chi connectivity index (χ4n) is 1.22. The van der Waals surface area contributed by atoms with Crippen molar-refractivity contribution >= 4 is 24.2 Å². The Bertz CT molecular complexity index is 473. The molecule has 0 saturated carbocycles. The lowest BCUT2D eigenvalue weighted by Gasteiger charge is -2.01. The standard InChI is InChI=1S/C10H8BClN2O2/c12-9-3-1-7(2-4-9)10-13-5-8(6-14-10)11(15)16/h1-6,15-16H. The predicted octanol–water partition coefficient (Wildman–Crippen LogP) is 0.477. The van der Waals surface area contributed by atoms with Crippen LogP contribution in [0.1, 0.15) is 0 Å². The molecule has 0 aliphatic rings. The number of halogens is 1. The van der Waals surface area contributed by atoms with E-state index >= 15 is 0 Å². The molecule has 0 aliphatic carbocycles. The Morgan fingerprint density at radius 2 is 1.56 bits per heavy atom. The van der Waals surface area contributed by atoms with E-state index in [1.165, 1.54) is 12.4 Å². The topological polar surface area (TPSA) is 66.2 Å². The van der Waals surface area contributed by atoms with Crippen molar-refractivity contribution in [3.05, 3.63) is 41.7 Å². The first-order valence-electron chi connectivity index (χ1n) is 4.61. The monoisotopic (exact) mass is 234 g/mol. The Morgan fingerprint density at radius 1 is 1.00 bits per heavy atom. The largest absolute Gasteiger partial charge is 0.491 e. The first-order chi connectivity index (χ1) is 7.66. The van der Waals surface area contributed by atoms with Gasteiger partial charge < -0.3 is 10.0 Å². The number of hydrogen-bond acceptors (Lipinski definition) is 4. The highest BCUT2D eigenvalue weighted by atomic mass is 35.5. The van der Waals surface area contributed by atoms with Crippen molar-refractivity contribution in [1.29, 1.82) is 0 Å². The quantitative estimate of drug-likeness (QED) is 0.742. The highest BCUT2D eigenvalue weighted by Crippen LogP contribution is 2.16. The van der Waals surface area contributed by atoms with Crippen LogP contribution in [0.4, 0.5) is 0 Å². The van der Waals surface area contributed by atoms with Crippen LogP contribution in [-0.2, 0) is 0 Å². The number of hydrogen-bond donors (Lipinski definition) is 2. The van der Waals surface area contributed by atoms with Gasteiger partial charge in [0.05, 0.1) is 0 Å². The van der Waals surface area contributed by atoms with Gasteiger partial charge in [-0.2, -0.15) is 0 Å². The Kier molecular flexibility index (Phi) is 3.19. The Labute approximate surface area is 97.7 Å². The Hall–Kier alpha value is -1.43. The van der Waals surface area contributed by atoms with E-state index in [9.17, 15) is 0 Å². The number of benzene rings is 1. The van der Waals surface area contributed by atoms with Gasteiger partial charge in [0, 0.05) is 28.4 Å². The van der Waals surface area contributed by atoms with E-state index in [1.807, 2.05) is 0 Å². The van der Waals surface area contributed by atoms with Crippen molar-refractivity contribution in [2.45, 2.75) is 0 Å². The Morgan fingerprint density at radius 3 is 2.06 bits per heavy atom. The van der Waals surface area contributed by atoms with Crippen molar-refractivity contribution in [2.24, 2.45) is 0 Å². The SMILES string of the molecule is OB(O)c1cnc(-c2ccc(Cl)cc2)nc1. The summed E-state index contributed by atoms with van der Waals surface area (Å²) in [4.78, 5) is 8.05. The summed E-state index contributed by atoms with van der Waals surface area (Å²) in [5, 5.41) is 18.4. The van der Waals surface area contributed by atoms with Crippen molar-refractivity contribution in [3.8, 4) is 11.4 Å². The fraction of sp³-hybridized carbons (Fsp3) is 0. The summed E-state index contributed by atoms with van der Waals surface area (Å²) in [6, 6.07) is 7.09. The minimum absolute atomic E-state index is 0.262. The minimum Gasteiger partial charge on any atom is -0.423 e. The summed E-state index contributed by atoms with van der Waals surface area (Å²) >= 11 is 5.76. The summed E-state index contributed by atoms with van der Waals surface area (Å²) in [7, 11) is -1.54. The first-order valence-corrected chi connectivity index (χ1v) is 4.98. The molecule has 0 radical (unpaired) electrons. The van der Waals surface area contributed by atoms with E-state index < -0.39 is 7.12 Å². The molecular weight excluding hydrogens is 226 g/mol. The molecule has 16 heavy (non-hydrogen) atoms. The zero-order chi connectivity index (χ0) is 11.5. The lowest BCUT2D eigenvalue weighted by atomic mass is 9.83. The molecule has 1 aromatic heterocycles. The summed E-state index contributed by atoms with van der Waals surface area (Å²) in [6.07, 6.45) is 2.75. The third kappa shape index (κ3) is 2.39. The van der Waals surface area contributed by atoms with E-state index in [2.05, 4.69) is 9.97 Å². The fourth-order valence-corrected chi connectivity index (χ4v) is 1.35. The molecule has 0 saturated heterocycles. The van der Waals surface area contributed by atoms with Crippen molar-refractivity contribution in [2.75, 3.05) is 0 Å². The highest BCUT2D eigenvalue weighted by molar-refractivity contribution is 6.58. The van der Waals surface area contributed by atoms with Crippen LogP contribution in [0.2, 0.25) is 5.02 Å². The van der Waals surface area contributed by atoms with E-state index in [0.717, 1.165) is 5.56 Å². The number of rotatable bonds is 2.